The summed E-state index contributed by atoms with van der Waals surface area (Å²) in [6.45, 7) is 1.36. The summed E-state index contributed by atoms with van der Waals surface area (Å²) in [7, 11) is 1.30. The van der Waals surface area contributed by atoms with Gasteiger partial charge >= 0.3 is 5.97 Å². The fourth-order valence-corrected chi connectivity index (χ4v) is 0.987. The minimum Gasteiger partial charge on any atom is -0.482 e. The van der Waals surface area contributed by atoms with E-state index >= 15 is 0 Å². The second-order valence-electron chi connectivity index (χ2n) is 2.95. The Morgan fingerprint density at radius 2 is 1.80 bits per heavy atom. The van der Waals surface area contributed by atoms with Crippen molar-refractivity contribution < 1.29 is 19.1 Å². The van der Waals surface area contributed by atoms with Crippen LogP contribution in [0.4, 0.5) is 0 Å². The van der Waals surface area contributed by atoms with Crippen LogP contribution in [0.1, 0.15) is 17.3 Å². The number of Topliss-reactive ketones (excluding diaryl/α,β-unsaturated/α-hetero) is 1. The van der Waals surface area contributed by atoms with Gasteiger partial charge in [0.25, 0.3) is 0 Å². The molecule has 0 N–H and O–H groups in total. The third-order valence-corrected chi connectivity index (χ3v) is 1.85. The van der Waals surface area contributed by atoms with Crippen LogP contribution in [0, 0.1) is 0 Å². The van der Waals surface area contributed by atoms with Gasteiger partial charge in [-0.2, -0.15) is 0 Å². The summed E-state index contributed by atoms with van der Waals surface area (Å²) in [6.07, 6.45) is 0. The molecule has 1 aromatic rings. The van der Waals surface area contributed by atoms with Gasteiger partial charge in [-0.1, -0.05) is 0 Å². The van der Waals surface area contributed by atoms with E-state index < -0.39 is 5.97 Å². The summed E-state index contributed by atoms with van der Waals surface area (Å²) >= 11 is 0. The molecule has 0 fully saturated rings. The first-order valence-electron chi connectivity index (χ1n) is 4.44. The number of methoxy groups -OCH3 is 1. The normalized spacial score (nSPS) is 9.47. The predicted octanol–water partition coefficient (Wildman–Crippen LogP) is 1.44. The fraction of sp³-hybridized carbons (Fsp3) is 0.273. The Morgan fingerprint density at radius 1 is 1.20 bits per heavy atom. The maximum atomic E-state index is 11.0. The molecule has 80 valence electrons. The number of ketones is 1. The van der Waals surface area contributed by atoms with E-state index in [0.29, 0.717) is 11.3 Å². The number of hydrogen-bond donors (Lipinski definition) is 0. The molecule has 0 radical (unpaired) electrons. The number of rotatable bonds is 4. The monoisotopic (exact) mass is 208 g/mol. The van der Waals surface area contributed by atoms with Gasteiger partial charge < -0.3 is 9.47 Å². The van der Waals surface area contributed by atoms with E-state index in [4.69, 9.17) is 4.74 Å². The van der Waals surface area contributed by atoms with Crippen LogP contribution < -0.4 is 4.74 Å². The van der Waals surface area contributed by atoms with E-state index in [-0.39, 0.29) is 12.4 Å². The highest BCUT2D eigenvalue weighted by atomic mass is 16.6. The van der Waals surface area contributed by atoms with Crippen LogP contribution in [-0.4, -0.2) is 25.5 Å². The van der Waals surface area contributed by atoms with Crippen LogP contribution in [0.25, 0.3) is 0 Å². The van der Waals surface area contributed by atoms with Crippen LogP contribution in [0.5, 0.6) is 5.75 Å². The van der Waals surface area contributed by atoms with Gasteiger partial charge in [0.2, 0.25) is 0 Å². The zero-order chi connectivity index (χ0) is 11.3. The average Bonchev–Trinajstić information content (AvgIpc) is 2.26. The third-order valence-electron chi connectivity index (χ3n) is 1.85. The fourth-order valence-electron chi connectivity index (χ4n) is 0.987. The molecule has 0 aliphatic carbocycles. The molecule has 4 nitrogen and oxygen atoms in total. The topological polar surface area (TPSA) is 52.6 Å². The minimum atomic E-state index is -0.439. The van der Waals surface area contributed by atoms with E-state index in [2.05, 4.69) is 4.74 Å². The van der Waals surface area contributed by atoms with Gasteiger partial charge in [0, 0.05) is 5.56 Å². The summed E-state index contributed by atoms with van der Waals surface area (Å²) in [5, 5.41) is 0. The molecule has 0 atom stereocenters. The average molecular weight is 208 g/mol. The maximum Gasteiger partial charge on any atom is 0.343 e. The minimum absolute atomic E-state index is 0.00508. The van der Waals surface area contributed by atoms with E-state index in [0.717, 1.165) is 0 Å². The molecule has 1 rings (SSSR count). The summed E-state index contributed by atoms with van der Waals surface area (Å²) in [5.41, 5.74) is 0.611. The smallest absolute Gasteiger partial charge is 0.343 e. The molecule has 4 heteroatoms. The van der Waals surface area contributed by atoms with E-state index in [1.807, 2.05) is 0 Å². The molecule has 0 saturated carbocycles. The molecule has 15 heavy (non-hydrogen) atoms. The summed E-state index contributed by atoms with van der Waals surface area (Å²) in [5.74, 6) is 0.0885. The number of hydrogen-bond acceptors (Lipinski definition) is 4. The third kappa shape index (κ3) is 3.42. The zero-order valence-electron chi connectivity index (χ0n) is 8.65. The van der Waals surface area contributed by atoms with Crippen LogP contribution in [0.2, 0.25) is 0 Å². The van der Waals surface area contributed by atoms with E-state index in [1.54, 1.807) is 24.3 Å². The first-order valence-corrected chi connectivity index (χ1v) is 4.44. The van der Waals surface area contributed by atoms with Gasteiger partial charge in [-0.25, -0.2) is 4.79 Å². The van der Waals surface area contributed by atoms with Crippen LogP contribution >= 0.6 is 0 Å². The number of ether oxygens (including phenoxy) is 2. The van der Waals surface area contributed by atoms with Crippen molar-refractivity contribution in [3.63, 3.8) is 0 Å². The lowest BCUT2D eigenvalue weighted by Crippen LogP contribution is -2.12. The van der Waals surface area contributed by atoms with Crippen LogP contribution in [0.15, 0.2) is 24.3 Å². The van der Waals surface area contributed by atoms with Crippen molar-refractivity contribution in [2.45, 2.75) is 6.92 Å². The van der Waals surface area contributed by atoms with Gasteiger partial charge in [0.1, 0.15) is 5.75 Å². The van der Waals surface area contributed by atoms with Gasteiger partial charge in [-0.05, 0) is 31.2 Å². The Bertz CT molecular complexity index is 353. The molecule has 0 spiro atoms. The molecule has 0 amide bonds. The van der Waals surface area contributed by atoms with Crippen molar-refractivity contribution in [3.8, 4) is 5.75 Å². The largest absolute Gasteiger partial charge is 0.482 e. The molecule has 1 aromatic carbocycles. The van der Waals surface area contributed by atoms with Crippen molar-refractivity contribution in [3.05, 3.63) is 29.8 Å². The van der Waals surface area contributed by atoms with Crippen molar-refractivity contribution in [1.29, 1.82) is 0 Å². The Hall–Kier alpha value is -1.84. The van der Waals surface area contributed by atoms with Crippen LogP contribution in [-0.2, 0) is 9.53 Å². The molecule has 0 aliphatic rings. The highest BCUT2D eigenvalue weighted by molar-refractivity contribution is 5.94. The van der Waals surface area contributed by atoms with E-state index in [1.165, 1.54) is 14.0 Å². The van der Waals surface area contributed by atoms with Gasteiger partial charge in [0.05, 0.1) is 7.11 Å². The van der Waals surface area contributed by atoms with E-state index in [9.17, 15) is 9.59 Å². The summed E-state index contributed by atoms with van der Waals surface area (Å²) in [4.78, 5) is 21.7. The van der Waals surface area contributed by atoms with Crippen molar-refractivity contribution >= 4 is 11.8 Å². The van der Waals surface area contributed by atoms with Crippen molar-refractivity contribution in [2.24, 2.45) is 0 Å². The van der Waals surface area contributed by atoms with Gasteiger partial charge in [0.15, 0.2) is 12.4 Å². The highest BCUT2D eigenvalue weighted by Crippen LogP contribution is 2.12. The zero-order valence-corrected chi connectivity index (χ0v) is 8.65. The standard InChI is InChI=1S/C11H12O4/c1-8(12)9-3-5-10(6-4-9)15-7-11(13)14-2/h3-6H,7H2,1-2H3. The molecule has 0 aromatic heterocycles. The van der Waals surface area contributed by atoms with Crippen molar-refractivity contribution in [1.82, 2.24) is 0 Å². The Balaban J connectivity index is 2.57. The highest BCUT2D eigenvalue weighted by Gasteiger charge is 2.02. The second-order valence-corrected chi connectivity index (χ2v) is 2.95. The predicted molar refractivity (Wildman–Crippen MR) is 54.0 cm³/mol. The van der Waals surface area contributed by atoms with Gasteiger partial charge in [-0.15, -0.1) is 0 Å². The Labute approximate surface area is 87.8 Å². The molecule has 0 saturated heterocycles. The summed E-state index contributed by atoms with van der Waals surface area (Å²) < 4.78 is 9.52. The summed E-state index contributed by atoms with van der Waals surface area (Å²) in [6, 6.07) is 6.57. The molecular weight excluding hydrogens is 196 g/mol. The van der Waals surface area contributed by atoms with Crippen LogP contribution in [0.3, 0.4) is 0 Å². The molecule has 0 heterocycles. The number of carbonyl (C=O) groups excluding carboxylic acids is 2. The van der Waals surface area contributed by atoms with Crippen molar-refractivity contribution in [2.75, 3.05) is 13.7 Å². The SMILES string of the molecule is COC(=O)COc1ccc(C(C)=O)cc1. The molecule has 0 aliphatic heterocycles. The number of carbonyl (C=O) groups is 2. The Morgan fingerprint density at radius 3 is 2.27 bits per heavy atom. The number of esters is 1. The first kappa shape index (κ1) is 11.2. The number of benzene rings is 1. The second kappa shape index (κ2) is 5.14. The first-order chi connectivity index (χ1) is 7.13. The van der Waals surface area contributed by atoms with Gasteiger partial charge in [-0.3, -0.25) is 4.79 Å². The lowest BCUT2D eigenvalue weighted by molar-refractivity contribution is -0.142. The molecule has 0 unspecified atom stereocenters. The molecule has 0 bridgehead atoms. The Kier molecular flexibility index (Phi) is 3.85. The maximum absolute atomic E-state index is 11.0. The molecular formula is C11H12O4. The quantitative estimate of drug-likeness (QED) is 0.555. The lowest BCUT2D eigenvalue weighted by Gasteiger charge is -2.04. The lowest BCUT2D eigenvalue weighted by atomic mass is 10.1.